The van der Waals surface area contributed by atoms with Crippen LogP contribution in [0.2, 0.25) is 0 Å². The Bertz CT molecular complexity index is 506. The molecule has 0 bridgehead atoms. The molecule has 5 nitrogen and oxygen atoms in total. The van der Waals surface area contributed by atoms with Gasteiger partial charge in [0.1, 0.15) is 5.76 Å². The molecule has 1 aliphatic heterocycles. The minimum Gasteiger partial charge on any atom is -0.455 e. The summed E-state index contributed by atoms with van der Waals surface area (Å²) in [6.45, 7) is 5.34. The first-order chi connectivity index (χ1) is 10.6. The SMILES string of the molecule is CC1CCN(Cc2ccc(C(=O)N[C@@H]3CC[C@@H](N)C3)o2)CC1. The van der Waals surface area contributed by atoms with E-state index in [-0.39, 0.29) is 18.0 Å². The first-order valence-electron chi connectivity index (χ1n) is 8.47. The lowest BCUT2D eigenvalue weighted by molar-refractivity contribution is 0.0904. The fourth-order valence-electron chi connectivity index (χ4n) is 3.43. The lowest BCUT2D eigenvalue weighted by atomic mass is 9.99. The topological polar surface area (TPSA) is 71.5 Å². The van der Waals surface area contributed by atoms with Crippen molar-refractivity contribution < 1.29 is 9.21 Å². The average molecular weight is 305 g/mol. The largest absolute Gasteiger partial charge is 0.455 e. The summed E-state index contributed by atoms with van der Waals surface area (Å²) >= 11 is 0. The van der Waals surface area contributed by atoms with Gasteiger partial charge in [-0.3, -0.25) is 9.69 Å². The van der Waals surface area contributed by atoms with Crippen molar-refractivity contribution in [2.45, 2.75) is 57.7 Å². The molecular formula is C17H27N3O2. The van der Waals surface area contributed by atoms with Crippen molar-refractivity contribution in [3.8, 4) is 0 Å². The molecule has 0 unspecified atom stereocenters. The van der Waals surface area contributed by atoms with Crippen LogP contribution < -0.4 is 11.1 Å². The maximum atomic E-state index is 12.2. The smallest absolute Gasteiger partial charge is 0.287 e. The quantitative estimate of drug-likeness (QED) is 0.894. The van der Waals surface area contributed by atoms with Crippen LogP contribution in [0, 0.1) is 5.92 Å². The summed E-state index contributed by atoms with van der Waals surface area (Å²) in [6, 6.07) is 4.12. The molecule has 22 heavy (non-hydrogen) atoms. The molecule has 2 atom stereocenters. The second-order valence-electron chi connectivity index (χ2n) is 6.97. The first-order valence-corrected chi connectivity index (χ1v) is 8.47. The van der Waals surface area contributed by atoms with E-state index in [1.165, 1.54) is 12.8 Å². The molecule has 3 rings (SSSR count). The van der Waals surface area contributed by atoms with Gasteiger partial charge in [0.25, 0.3) is 5.91 Å². The summed E-state index contributed by atoms with van der Waals surface area (Å²) < 4.78 is 5.73. The Morgan fingerprint density at radius 3 is 2.77 bits per heavy atom. The van der Waals surface area contributed by atoms with E-state index in [0.717, 1.165) is 50.6 Å². The van der Waals surface area contributed by atoms with Crippen molar-refractivity contribution in [2.75, 3.05) is 13.1 Å². The number of hydrogen-bond donors (Lipinski definition) is 2. The summed E-state index contributed by atoms with van der Waals surface area (Å²) in [5.74, 6) is 2.01. The van der Waals surface area contributed by atoms with Crippen molar-refractivity contribution in [1.82, 2.24) is 10.2 Å². The third-order valence-corrected chi connectivity index (χ3v) is 4.95. The average Bonchev–Trinajstić information content (AvgIpc) is 3.11. The number of nitrogens with two attached hydrogens (primary N) is 1. The van der Waals surface area contributed by atoms with Crippen molar-refractivity contribution in [3.63, 3.8) is 0 Å². The molecule has 0 spiro atoms. The second kappa shape index (κ2) is 6.84. The van der Waals surface area contributed by atoms with Crippen LogP contribution in [0.25, 0.3) is 0 Å². The van der Waals surface area contributed by atoms with Crippen molar-refractivity contribution in [3.05, 3.63) is 23.7 Å². The van der Waals surface area contributed by atoms with E-state index in [1.54, 1.807) is 6.07 Å². The third-order valence-electron chi connectivity index (χ3n) is 4.95. The Kier molecular flexibility index (Phi) is 4.84. The molecule has 1 saturated carbocycles. The normalized spacial score (nSPS) is 27.2. The Balaban J connectivity index is 1.51. The minimum atomic E-state index is -0.113. The molecule has 1 amide bonds. The molecule has 122 valence electrons. The van der Waals surface area contributed by atoms with E-state index in [9.17, 15) is 4.79 Å². The highest BCUT2D eigenvalue weighted by atomic mass is 16.4. The van der Waals surface area contributed by atoms with Crippen LogP contribution in [-0.2, 0) is 6.54 Å². The first kappa shape index (κ1) is 15.6. The van der Waals surface area contributed by atoms with Gasteiger partial charge in [0, 0.05) is 12.1 Å². The Morgan fingerprint density at radius 1 is 1.32 bits per heavy atom. The molecule has 1 saturated heterocycles. The Hall–Kier alpha value is -1.33. The molecule has 0 aromatic carbocycles. The predicted molar refractivity (Wildman–Crippen MR) is 85.5 cm³/mol. The van der Waals surface area contributed by atoms with E-state index < -0.39 is 0 Å². The monoisotopic (exact) mass is 305 g/mol. The molecule has 1 aromatic rings. The number of rotatable bonds is 4. The molecule has 1 aliphatic carbocycles. The third kappa shape index (κ3) is 3.90. The van der Waals surface area contributed by atoms with Crippen molar-refractivity contribution >= 4 is 5.91 Å². The van der Waals surface area contributed by atoms with E-state index in [1.807, 2.05) is 6.07 Å². The summed E-state index contributed by atoms with van der Waals surface area (Å²) in [4.78, 5) is 14.6. The zero-order valence-electron chi connectivity index (χ0n) is 13.4. The second-order valence-corrected chi connectivity index (χ2v) is 6.97. The number of carbonyl (C=O) groups is 1. The summed E-state index contributed by atoms with van der Waals surface area (Å²) in [5, 5.41) is 3.02. The van der Waals surface area contributed by atoms with E-state index in [4.69, 9.17) is 10.2 Å². The highest BCUT2D eigenvalue weighted by Crippen LogP contribution is 2.20. The van der Waals surface area contributed by atoms with Gasteiger partial charge in [0.2, 0.25) is 0 Å². The number of likely N-dealkylation sites (tertiary alicyclic amines) is 1. The lowest BCUT2D eigenvalue weighted by Gasteiger charge is -2.29. The molecular weight excluding hydrogens is 278 g/mol. The van der Waals surface area contributed by atoms with Crippen LogP contribution in [-0.4, -0.2) is 36.0 Å². The number of nitrogens with one attached hydrogen (secondary N) is 1. The lowest BCUT2D eigenvalue weighted by Crippen LogP contribution is -2.34. The van der Waals surface area contributed by atoms with E-state index in [2.05, 4.69) is 17.1 Å². The molecule has 5 heteroatoms. The zero-order valence-corrected chi connectivity index (χ0v) is 13.4. The van der Waals surface area contributed by atoms with Gasteiger partial charge in [-0.2, -0.15) is 0 Å². The standard InChI is InChI=1S/C17H27N3O2/c1-12-6-8-20(9-7-12)11-15-4-5-16(22-15)17(21)19-14-3-2-13(18)10-14/h4-5,12-14H,2-3,6-11,18H2,1H3,(H,19,21)/t13-,14-/m1/s1. The number of hydrogen-bond acceptors (Lipinski definition) is 4. The fraction of sp³-hybridized carbons (Fsp3) is 0.706. The van der Waals surface area contributed by atoms with Gasteiger partial charge in [0.15, 0.2) is 5.76 Å². The zero-order chi connectivity index (χ0) is 15.5. The van der Waals surface area contributed by atoms with Gasteiger partial charge in [-0.15, -0.1) is 0 Å². The molecule has 0 radical (unpaired) electrons. The van der Waals surface area contributed by atoms with Crippen molar-refractivity contribution in [2.24, 2.45) is 11.7 Å². The predicted octanol–water partition coefficient (Wildman–Crippen LogP) is 2.12. The molecule has 3 N–H and O–H groups in total. The molecule has 2 fully saturated rings. The minimum absolute atomic E-state index is 0.113. The number of nitrogens with zero attached hydrogens (tertiary/aromatic N) is 1. The number of amides is 1. The van der Waals surface area contributed by atoms with E-state index >= 15 is 0 Å². The van der Waals surface area contributed by atoms with Gasteiger partial charge in [-0.25, -0.2) is 0 Å². The summed E-state index contributed by atoms with van der Waals surface area (Å²) in [7, 11) is 0. The number of carbonyl (C=O) groups excluding carboxylic acids is 1. The highest BCUT2D eigenvalue weighted by molar-refractivity contribution is 5.91. The maximum absolute atomic E-state index is 12.2. The van der Waals surface area contributed by atoms with Gasteiger partial charge >= 0.3 is 0 Å². The van der Waals surface area contributed by atoms with Crippen LogP contribution in [0.5, 0.6) is 0 Å². The maximum Gasteiger partial charge on any atom is 0.287 e. The van der Waals surface area contributed by atoms with Crippen LogP contribution in [0.15, 0.2) is 16.5 Å². The molecule has 2 heterocycles. The van der Waals surface area contributed by atoms with Crippen LogP contribution >= 0.6 is 0 Å². The van der Waals surface area contributed by atoms with Gasteiger partial charge in [-0.1, -0.05) is 6.92 Å². The number of furan rings is 1. The van der Waals surface area contributed by atoms with Gasteiger partial charge in [-0.05, 0) is 63.2 Å². The van der Waals surface area contributed by atoms with Gasteiger partial charge < -0.3 is 15.5 Å². The fourth-order valence-corrected chi connectivity index (χ4v) is 3.43. The van der Waals surface area contributed by atoms with Crippen LogP contribution in [0.3, 0.4) is 0 Å². The number of piperidine rings is 1. The summed E-state index contributed by atoms with van der Waals surface area (Å²) in [5.41, 5.74) is 5.88. The van der Waals surface area contributed by atoms with E-state index in [0.29, 0.717) is 5.76 Å². The Labute approximate surface area is 132 Å². The van der Waals surface area contributed by atoms with Crippen LogP contribution in [0.4, 0.5) is 0 Å². The van der Waals surface area contributed by atoms with Crippen LogP contribution in [0.1, 0.15) is 55.3 Å². The van der Waals surface area contributed by atoms with Gasteiger partial charge in [0.05, 0.1) is 6.54 Å². The summed E-state index contributed by atoms with van der Waals surface area (Å²) in [6.07, 6.45) is 5.31. The Morgan fingerprint density at radius 2 is 2.09 bits per heavy atom. The highest BCUT2D eigenvalue weighted by Gasteiger charge is 2.25. The molecule has 2 aliphatic rings. The van der Waals surface area contributed by atoms with Crippen molar-refractivity contribution in [1.29, 1.82) is 0 Å². The molecule has 1 aromatic heterocycles.